The summed E-state index contributed by atoms with van der Waals surface area (Å²) in [6.45, 7) is 4.01. The fourth-order valence-corrected chi connectivity index (χ4v) is 1.87. The average molecular weight is 175 g/mol. The zero-order valence-electron chi connectivity index (χ0n) is 7.99. The Balaban J connectivity index is 2.09. The first-order valence-corrected chi connectivity index (χ1v) is 4.96. The maximum absolute atomic E-state index is 5.65. The average Bonchev–Trinajstić information content (AvgIpc) is 2.58. The Morgan fingerprint density at radius 1 is 1.46 bits per heavy atom. The molecule has 0 saturated carbocycles. The molecular formula is C12H15O. The van der Waals surface area contributed by atoms with Gasteiger partial charge in [0.05, 0.1) is 12.7 Å². The fraction of sp³-hybridized carbons (Fsp3) is 0.417. The van der Waals surface area contributed by atoms with Crippen LogP contribution in [0.3, 0.4) is 0 Å². The van der Waals surface area contributed by atoms with Crippen LogP contribution in [-0.4, -0.2) is 0 Å². The second kappa shape index (κ2) is 3.93. The summed E-state index contributed by atoms with van der Waals surface area (Å²) in [5, 5.41) is 0. The molecule has 0 bridgehead atoms. The lowest BCUT2D eigenvalue weighted by molar-refractivity contribution is 0.104. The molecular weight excluding hydrogens is 160 g/mol. The molecule has 1 aromatic rings. The van der Waals surface area contributed by atoms with Crippen molar-refractivity contribution in [2.24, 2.45) is 0 Å². The molecule has 0 aromatic heterocycles. The van der Waals surface area contributed by atoms with Gasteiger partial charge in [-0.05, 0) is 30.4 Å². The van der Waals surface area contributed by atoms with Gasteiger partial charge in [0.15, 0.2) is 0 Å². The van der Waals surface area contributed by atoms with Crippen molar-refractivity contribution in [3.05, 3.63) is 42.0 Å². The zero-order valence-corrected chi connectivity index (χ0v) is 7.99. The molecule has 0 fully saturated rings. The Kier molecular flexibility index (Phi) is 2.65. The van der Waals surface area contributed by atoms with E-state index in [9.17, 15) is 0 Å². The normalized spacial score (nSPS) is 20.2. The van der Waals surface area contributed by atoms with Crippen LogP contribution < -0.4 is 0 Å². The minimum atomic E-state index is 0.316. The van der Waals surface area contributed by atoms with Gasteiger partial charge in [-0.3, -0.25) is 0 Å². The topological polar surface area (TPSA) is 9.23 Å². The molecule has 1 heteroatoms. The lowest BCUT2D eigenvalue weighted by atomic mass is 10.1. The third kappa shape index (κ3) is 1.75. The van der Waals surface area contributed by atoms with Crippen molar-refractivity contribution >= 4 is 0 Å². The number of rotatable bonds is 3. The van der Waals surface area contributed by atoms with Gasteiger partial charge in [-0.1, -0.05) is 31.2 Å². The number of ether oxygens (including phenoxy) is 1. The van der Waals surface area contributed by atoms with E-state index in [2.05, 4.69) is 31.2 Å². The Morgan fingerprint density at radius 2 is 2.31 bits per heavy atom. The minimum Gasteiger partial charge on any atom is -0.368 e. The van der Waals surface area contributed by atoms with Crippen molar-refractivity contribution in [1.29, 1.82) is 0 Å². The predicted molar refractivity (Wildman–Crippen MR) is 53.2 cm³/mol. The molecule has 0 heterocycles. The van der Waals surface area contributed by atoms with Crippen molar-refractivity contribution < 1.29 is 4.74 Å². The first-order valence-electron chi connectivity index (χ1n) is 4.96. The number of benzene rings is 1. The third-order valence-corrected chi connectivity index (χ3v) is 2.50. The summed E-state index contributed by atoms with van der Waals surface area (Å²) in [5.74, 6) is 0. The summed E-state index contributed by atoms with van der Waals surface area (Å²) in [6.07, 6.45) is 3.60. The van der Waals surface area contributed by atoms with Crippen LogP contribution in [0, 0.1) is 6.61 Å². The van der Waals surface area contributed by atoms with E-state index in [0.29, 0.717) is 6.10 Å². The van der Waals surface area contributed by atoms with Gasteiger partial charge in [0.2, 0.25) is 0 Å². The molecule has 0 spiro atoms. The molecule has 0 aliphatic heterocycles. The van der Waals surface area contributed by atoms with Crippen LogP contribution in [0.2, 0.25) is 0 Å². The number of aryl methyl sites for hydroxylation is 1. The molecule has 69 valence electrons. The van der Waals surface area contributed by atoms with E-state index < -0.39 is 0 Å². The Hall–Kier alpha value is -0.820. The van der Waals surface area contributed by atoms with Crippen LogP contribution >= 0.6 is 0 Å². The molecule has 1 radical (unpaired) electrons. The van der Waals surface area contributed by atoms with E-state index in [-0.39, 0.29) is 0 Å². The molecule has 0 saturated heterocycles. The van der Waals surface area contributed by atoms with Gasteiger partial charge in [0, 0.05) is 0 Å². The van der Waals surface area contributed by atoms with Gasteiger partial charge in [-0.2, -0.15) is 0 Å². The SMILES string of the molecule is CC[CH]OC1CCc2ccccc21. The number of hydrogen-bond acceptors (Lipinski definition) is 1. The summed E-state index contributed by atoms with van der Waals surface area (Å²) in [5.41, 5.74) is 2.84. The molecule has 2 rings (SSSR count). The summed E-state index contributed by atoms with van der Waals surface area (Å²) >= 11 is 0. The van der Waals surface area contributed by atoms with Crippen LogP contribution in [0.1, 0.15) is 37.0 Å². The van der Waals surface area contributed by atoms with Gasteiger partial charge in [0.1, 0.15) is 0 Å². The van der Waals surface area contributed by atoms with Gasteiger partial charge in [-0.25, -0.2) is 0 Å². The molecule has 1 unspecified atom stereocenters. The highest BCUT2D eigenvalue weighted by Gasteiger charge is 2.21. The minimum absolute atomic E-state index is 0.316. The fourth-order valence-electron chi connectivity index (χ4n) is 1.87. The van der Waals surface area contributed by atoms with E-state index in [1.165, 1.54) is 17.5 Å². The lowest BCUT2D eigenvalue weighted by Gasteiger charge is -2.11. The van der Waals surface area contributed by atoms with E-state index in [1.54, 1.807) is 0 Å². The highest BCUT2D eigenvalue weighted by atomic mass is 16.5. The zero-order chi connectivity index (χ0) is 9.10. The van der Waals surface area contributed by atoms with Gasteiger partial charge >= 0.3 is 0 Å². The molecule has 1 aliphatic rings. The van der Waals surface area contributed by atoms with E-state index in [1.807, 2.05) is 6.61 Å². The summed E-state index contributed by atoms with van der Waals surface area (Å²) < 4.78 is 5.65. The standard InChI is InChI=1S/C12H15O/c1-2-9-13-12-8-7-10-5-3-4-6-11(10)12/h3-6,9,12H,2,7-8H2,1H3. The molecule has 1 aromatic carbocycles. The van der Waals surface area contributed by atoms with Crippen molar-refractivity contribution in [2.45, 2.75) is 32.3 Å². The maximum Gasteiger partial charge on any atom is 0.0842 e. The Labute approximate surface area is 79.7 Å². The lowest BCUT2D eigenvalue weighted by Crippen LogP contribution is -1.97. The smallest absolute Gasteiger partial charge is 0.0842 e. The quantitative estimate of drug-likeness (QED) is 0.685. The van der Waals surface area contributed by atoms with Gasteiger partial charge < -0.3 is 4.74 Å². The Morgan fingerprint density at radius 3 is 3.15 bits per heavy atom. The van der Waals surface area contributed by atoms with Crippen LogP contribution in [0.15, 0.2) is 24.3 Å². The molecule has 1 aliphatic carbocycles. The molecule has 0 amide bonds. The van der Waals surface area contributed by atoms with Crippen molar-refractivity contribution in [2.75, 3.05) is 0 Å². The summed E-state index contributed by atoms with van der Waals surface area (Å²) in [7, 11) is 0. The number of hydrogen-bond donors (Lipinski definition) is 0. The largest absolute Gasteiger partial charge is 0.368 e. The highest BCUT2D eigenvalue weighted by Crippen LogP contribution is 2.34. The van der Waals surface area contributed by atoms with E-state index >= 15 is 0 Å². The molecule has 13 heavy (non-hydrogen) atoms. The second-order valence-electron chi connectivity index (χ2n) is 3.44. The Bertz CT molecular complexity index is 280. The molecule has 1 nitrogen and oxygen atoms in total. The van der Waals surface area contributed by atoms with E-state index in [4.69, 9.17) is 4.74 Å². The summed E-state index contributed by atoms with van der Waals surface area (Å²) in [6, 6.07) is 8.57. The van der Waals surface area contributed by atoms with Gasteiger partial charge in [0.25, 0.3) is 0 Å². The predicted octanol–water partition coefficient (Wildman–Crippen LogP) is 3.26. The van der Waals surface area contributed by atoms with Crippen LogP contribution in [0.25, 0.3) is 0 Å². The van der Waals surface area contributed by atoms with Crippen LogP contribution in [-0.2, 0) is 11.2 Å². The van der Waals surface area contributed by atoms with E-state index in [0.717, 1.165) is 12.8 Å². The first kappa shape index (κ1) is 8.76. The second-order valence-corrected chi connectivity index (χ2v) is 3.44. The molecule has 1 atom stereocenters. The van der Waals surface area contributed by atoms with Crippen LogP contribution in [0.5, 0.6) is 0 Å². The van der Waals surface area contributed by atoms with Crippen molar-refractivity contribution in [3.8, 4) is 0 Å². The van der Waals surface area contributed by atoms with Gasteiger partial charge in [-0.15, -0.1) is 0 Å². The first-order chi connectivity index (χ1) is 6.42. The van der Waals surface area contributed by atoms with Crippen molar-refractivity contribution in [1.82, 2.24) is 0 Å². The van der Waals surface area contributed by atoms with Crippen LogP contribution in [0.4, 0.5) is 0 Å². The molecule has 0 N–H and O–H groups in total. The van der Waals surface area contributed by atoms with Crippen molar-refractivity contribution in [3.63, 3.8) is 0 Å². The maximum atomic E-state index is 5.65. The monoisotopic (exact) mass is 175 g/mol. The summed E-state index contributed by atoms with van der Waals surface area (Å²) in [4.78, 5) is 0. The number of fused-ring (bicyclic) bond motifs is 1. The third-order valence-electron chi connectivity index (χ3n) is 2.50. The highest BCUT2D eigenvalue weighted by molar-refractivity contribution is 5.33.